The Labute approximate surface area is 186 Å². The monoisotopic (exact) mass is 434 g/mol. The molecule has 0 unspecified atom stereocenters. The van der Waals surface area contributed by atoms with Crippen LogP contribution in [0.2, 0.25) is 5.02 Å². The van der Waals surface area contributed by atoms with Gasteiger partial charge in [-0.3, -0.25) is 9.59 Å². The summed E-state index contributed by atoms with van der Waals surface area (Å²) < 4.78 is 1.73. The molecule has 0 aliphatic heterocycles. The van der Waals surface area contributed by atoms with Crippen LogP contribution < -0.4 is 5.32 Å². The summed E-state index contributed by atoms with van der Waals surface area (Å²) in [6, 6.07) is 14.2. The number of benzene rings is 2. The van der Waals surface area contributed by atoms with Crippen molar-refractivity contribution in [2.75, 3.05) is 18.9 Å². The van der Waals surface area contributed by atoms with E-state index in [1.807, 2.05) is 26.0 Å². The standard InChI is InChI=1S/C24H23ClN4O2/c1-5-17-7-6-8-19(13-17)27-22(30)15-28(4)24(31)21-14-26-29(23(21)16(2)3)20-11-9-18(25)10-12-20/h1,6-14,16H,15H2,2-4H3,(H,27,30). The third-order valence-electron chi connectivity index (χ3n) is 4.70. The maximum atomic E-state index is 13.1. The lowest BCUT2D eigenvalue weighted by Crippen LogP contribution is -2.35. The lowest BCUT2D eigenvalue weighted by atomic mass is 10.0. The van der Waals surface area contributed by atoms with Gasteiger partial charge in [-0.25, -0.2) is 4.68 Å². The van der Waals surface area contributed by atoms with Crippen LogP contribution >= 0.6 is 11.6 Å². The summed E-state index contributed by atoms with van der Waals surface area (Å²) >= 11 is 5.98. The number of carbonyl (C=O) groups is 2. The van der Waals surface area contributed by atoms with Crippen LogP contribution in [0.3, 0.4) is 0 Å². The first-order valence-corrected chi connectivity index (χ1v) is 10.1. The van der Waals surface area contributed by atoms with Gasteiger partial charge >= 0.3 is 0 Å². The molecule has 0 spiro atoms. The number of amides is 2. The number of hydrogen-bond acceptors (Lipinski definition) is 3. The van der Waals surface area contributed by atoms with Crippen molar-refractivity contribution < 1.29 is 9.59 Å². The number of rotatable bonds is 6. The highest BCUT2D eigenvalue weighted by atomic mass is 35.5. The van der Waals surface area contributed by atoms with Crippen molar-refractivity contribution in [1.82, 2.24) is 14.7 Å². The fourth-order valence-corrected chi connectivity index (χ4v) is 3.37. The van der Waals surface area contributed by atoms with Crippen molar-refractivity contribution in [2.45, 2.75) is 19.8 Å². The second-order valence-corrected chi connectivity index (χ2v) is 7.86. The number of nitrogens with zero attached hydrogens (tertiary/aromatic N) is 3. The molecular formula is C24H23ClN4O2. The van der Waals surface area contributed by atoms with Crippen LogP contribution in [0, 0.1) is 12.3 Å². The van der Waals surface area contributed by atoms with Crippen molar-refractivity contribution in [3.8, 4) is 18.0 Å². The molecule has 2 amide bonds. The van der Waals surface area contributed by atoms with Crippen molar-refractivity contribution in [3.05, 3.63) is 76.6 Å². The Morgan fingerprint density at radius 2 is 1.94 bits per heavy atom. The van der Waals surface area contributed by atoms with E-state index in [1.54, 1.807) is 48.1 Å². The van der Waals surface area contributed by atoms with E-state index >= 15 is 0 Å². The molecule has 0 saturated heterocycles. The summed E-state index contributed by atoms with van der Waals surface area (Å²) in [6.45, 7) is 3.87. The first-order valence-electron chi connectivity index (χ1n) is 9.76. The van der Waals surface area contributed by atoms with Gasteiger partial charge in [0.1, 0.15) is 0 Å². The Morgan fingerprint density at radius 1 is 1.23 bits per heavy atom. The fourth-order valence-electron chi connectivity index (χ4n) is 3.25. The van der Waals surface area contributed by atoms with Crippen molar-refractivity contribution in [3.63, 3.8) is 0 Å². The Morgan fingerprint density at radius 3 is 2.58 bits per heavy atom. The highest BCUT2D eigenvalue weighted by Gasteiger charge is 2.24. The summed E-state index contributed by atoms with van der Waals surface area (Å²) in [5.74, 6) is 1.96. The zero-order valence-electron chi connectivity index (χ0n) is 17.6. The molecule has 0 bridgehead atoms. The third-order valence-corrected chi connectivity index (χ3v) is 4.95. The number of carbonyl (C=O) groups excluding carboxylic acids is 2. The lowest BCUT2D eigenvalue weighted by molar-refractivity contribution is -0.116. The first-order chi connectivity index (χ1) is 14.8. The molecule has 0 aliphatic rings. The summed E-state index contributed by atoms with van der Waals surface area (Å²) in [6.07, 6.45) is 6.93. The fraction of sp³-hybridized carbons (Fsp3) is 0.208. The molecule has 158 valence electrons. The Hall–Kier alpha value is -3.56. The normalized spacial score (nSPS) is 10.6. The molecule has 3 rings (SSSR count). The number of hydrogen-bond donors (Lipinski definition) is 1. The van der Waals surface area contributed by atoms with E-state index in [2.05, 4.69) is 16.3 Å². The molecule has 0 radical (unpaired) electrons. The molecule has 0 fully saturated rings. The zero-order chi connectivity index (χ0) is 22.5. The van der Waals surface area contributed by atoms with Gasteiger partial charge in [0.2, 0.25) is 5.91 Å². The van der Waals surface area contributed by atoms with Crippen LogP contribution in [0.15, 0.2) is 54.7 Å². The average Bonchev–Trinajstić information content (AvgIpc) is 3.19. The number of terminal acetylenes is 1. The van der Waals surface area contributed by atoms with Crippen LogP contribution in [-0.4, -0.2) is 40.1 Å². The van der Waals surface area contributed by atoms with E-state index in [0.29, 0.717) is 21.8 Å². The molecule has 1 aromatic heterocycles. The van der Waals surface area contributed by atoms with E-state index in [0.717, 1.165) is 11.4 Å². The van der Waals surface area contributed by atoms with Gasteiger partial charge in [-0.15, -0.1) is 6.42 Å². The zero-order valence-corrected chi connectivity index (χ0v) is 18.3. The van der Waals surface area contributed by atoms with Gasteiger partial charge in [-0.1, -0.05) is 37.4 Å². The minimum atomic E-state index is -0.318. The van der Waals surface area contributed by atoms with Crippen LogP contribution in [0.25, 0.3) is 5.69 Å². The van der Waals surface area contributed by atoms with Gasteiger partial charge in [0, 0.05) is 23.3 Å². The largest absolute Gasteiger partial charge is 0.332 e. The summed E-state index contributed by atoms with van der Waals surface area (Å²) in [5, 5.41) is 7.80. The summed E-state index contributed by atoms with van der Waals surface area (Å²) in [5.41, 5.74) is 3.27. The van der Waals surface area contributed by atoms with E-state index in [4.69, 9.17) is 18.0 Å². The van der Waals surface area contributed by atoms with E-state index in [9.17, 15) is 9.59 Å². The molecule has 6 nitrogen and oxygen atoms in total. The second-order valence-electron chi connectivity index (χ2n) is 7.42. The third kappa shape index (κ3) is 5.14. The van der Waals surface area contributed by atoms with E-state index < -0.39 is 0 Å². The van der Waals surface area contributed by atoms with Gasteiger partial charge in [0.05, 0.1) is 29.7 Å². The van der Waals surface area contributed by atoms with Crippen molar-refractivity contribution in [1.29, 1.82) is 0 Å². The summed E-state index contributed by atoms with van der Waals surface area (Å²) in [7, 11) is 1.59. The molecule has 2 aromatic carbocycles. The topological polar surface area (TPSA) is 67.2 Å². The maximum absolute atomic E-state index is 13.1. The number of aromatic nitrogens is 2. The number of likely N-dealkylation sites (N-methyl/N-ethyl adjacent to an activating group) is 1. The second kappa shape index (κ2) is 9.50. The SMILES string of the molecule is C#Cc1cccc(NC(=O)CN(C)C(=O)c2cnn(-c3ccc(Cl)cc3)c2C(C)C)c1. The average molecular weight is 435 g/mol. The molecule has 0 aliphatic carbocycles. The molecular weight excluding hydrogens is 412 g/mol. The van der Waals surface area contributed by atoms with E-state index in [1.165, 1.54) is 11.1 Å². The predicted molar refractivity (Wildman–Crippen MR) is 123 cm³/mol. The Bertz CT molecular complexity index is 1140. The van der Waals surface area contributed by atoms with Gasteiger partial charge < -0.3 is 10.2 Å². The quantitative estimate of drug-likeness (QED) is 0.587. The van der Waals surface area contributed by atoms with Gasteiger partial charge in [-0.2, -0.15) is 5.10 Å². The molecule has 7 heteroatoms. The van der Waals surface area contributed by atoms with Crippen LogP contribution in [-0.2, 0) is 4.79 Å². The summed E-state index contributed by atoms with van der Waals surface area (Å²) in [4.78, 5) is 26.9. The maximum Gasteiger partial charge on any atom is 0.257 e. The molecule has 0 saturated carbocycles. The first kappa shape index (κ1) is 22.1. The smallest absolute Gasteiger partial charge is 0.257 e. The molecule has 1 N–H and O–H groups in total. The van der Waals surface area contributed by atoms with E-state index in [-0.39, 0.29) is 24.3 Å². The molecule has 0 atom stereocenters. The van der Waals surface area contributed by atoms with Gasteiger partial charge in [-0.05, 0) is 48.4 Å². The minimum Gasteiger partial charge on any atom is -0.332 e. The Kier molecular flexibility index (Phi) is 6.78. The highest BCUT2D eigenvalue weighted by molar-refractivity contribution is 6.30. The predicted octanol–water partition coefficient (Wildman–Crippen LogP) is 4.34. The van der Waals surface area contributed by atoms with Gasteiger partial charge in [0.15, 0.2) is 0 Å². The van der Waals surface area contributed by atoms with Crippen molar-refractivity contribution >= 4 is 29.1 Å². The lowest BCUT2D eigenvalue weighted by Gasteiger charge is -2.18. The minimum absolute atomic E-state index is 0.0332. The molecule has 1 heterocycles. The highest BCUT2D eigenvalue weighted by Crippen LogP contribution is 2.25. The van der Waals surface area contributed by atoms with Crippen LogP contribution in [0.1, 0.15) is 41.4 Å². The van der Waals surface area contributed by atoms with Crippen LogP contribution in [0.5, 0.6) is 0 Å². The molecule has 3 aromatic rings. The molecule has 31 heavy (non-hydrogen) atoms. The number of halogens is 1. The van der Waals surface area contributed by atoms with Crippen LogP contribution in [0.4, 0.5) is 5.69 Å². The number of nitrogens with one attached hydrogen (secondary N) is 1. The Balaban J connectivity index is 1.78. The van der Waals surface area contributed by atoms with Crippen molar-refractivity contribution in [2.24, 2.45) is 0 Å². The van der Waals surface area contributed by atoms with Gasteiger partial charge in [0.25, 0.3) is 5.91 Å². The number of anilines is 1.